The second kappa shape index (κ2) is 5.44. The molecule has 1 amide bonds. The zero-order valence-corrected chi connectivity index (χ0v) is 7.19. The summed E-state index contributed by atoms with van der Waals surface area (Å²) >= 11 is 0. The summed E-state index contributed by atoms with van der Waals surface area (Å²) in [6, 6.07) is 0. The van der Waals surface area contributed by atoms with Crippen LogP contribution in [0.15, 0.2) is 10.4 Å². The third-order valence-electron chi connectivity index (χ3n) is 1.61. The average molecular weight is 189 g/mol. The molecule has 0 aromatic carbocycles. The highest BCUT2D eigenvalue weighted by atomic mass is 16.3. The van der Waals surface area contributed by atoms with Gasteiger partial charge in [0.1, 0.15) is 12.1 Å². The molecule has 2 N–H and O–H groups in total. The maximum absolute atomic E-state index is 10.9. The van der Waals surface area contributed by atoms with Crippen LogP contribution in [0.3, 0.4) is 0 Å². The number of nitrogens with zero attached hydrogens (tertiary/aromatic N) is 2. The van der Waals surface area contributed by atoms with E-state index in [0.29, 0.717) is 6.54 Å². The van der Waals surface area contributed by atoms with E-state index in [1.807, 2.05) is 0 Å². The van der Waals surface area contributed by atoms with Gasteiger partial charge in [0.2, 0.25) is 0 Å². The largest absolute Gasteiger partial charge is 0.394 e. The van der Waals surface area contributed by atoms with Gasteiger partial charge in [0.15, 0.2) is 0 Å². The molecule has 0 saturated carbocycles. The van der Waals surface area contributed by atoms with Crippen molar-refractivity contribution in [3.05, 3.63) is 9.81 Å². The summed E-state index contributed by atoms with van der Waals surface area (Å²) < 4.78 is 0. The van der Waals surface area contributed by atoms with Crippen LogP contribution in [0.4, 0.5) is 0 Å². The van der Waals surface area contributed by atoms with Crippen LogP contribution in [0.25, 0.3) is 0 Å². The smallest absolute Gasteiger partial charge is 0.310 e. The van der Waals surface area contributed by atoms with Gasteiger partial charge in [-0.2, -0.15) is 4.91 Å². The van der Waals surface area contributed by atoms with Gasteiger partial charge in [0.05, 0.1) is 6.61 Å². The van der Waals surface area contributed by atoms with Crippen molar-refractivity contribution in [3.63, 3.8) is 0 Å². The Morgan fingerprint density at radius 3 is 2.46 bits per heavy atom. The maximum atomic E-state index is 10.9. The lowest BCUT2D eigenvalue weighted by Gasteiger charge is -2.24. The normalized spacial score (nSPS) is 14.6. The molecule has 0 heterocycles. The molecule has 74 valence electrons. The van der Waals surface area contributed by atoms with E-state index >= 15 is 0 Å². The minimum Gasteiger partial charge on any atom is -0.394 e. The summed E-state index contributed by atoms with van der Waals surface area (Å²) in [5, 5.41) is 16.0. The highest BCUT2D eigenvalue weighted by molar-refractivity contribution is 5.87. The summed E-state index contributed by atoms with van der Waals surface area (Å²) in [5.41, 5.74) is -1.64. The molecule has 0 saturated heterocycles. The molecule has 0 bridgehead atoms. The summed E-state index contributed by atoms with van der Waals surface area (Å²) in [5.74, 6) is -1.11. The molecule has 0 aliphatic carbocycles. The van der Waals surface area contributed by atoms with Crippen molar-refractivity contribution < 1.29 is 9.90 Å². The van der Waals surface area contributed by atoms with Crippen molar-refractivity contribution in [3.8, 4) is 0 Å². The van der Waals surface area contributed by atoms with E-state index in [1.54, 1.807) is 6.92 Å². The molecule has 0 aliphatic heterocycles. The Bertz CT molecular complexity index is 208. The fourth-order valence-electron chi connectivity index (χ4n) is 0.909. The topological polar surface area (TPSA) is 108 Å². The van der Waals surface area contributed by atoms with Crippen LogP contribution in [0.5, 0.6) is 0 Å². The lowest BCUT2D eigenvalue weighted by Crippen LogP contribution is -2.56. The first kappa shape index (κ1) is 11.8. The van der Waals surface area contributed by atoms with Gasteiger partial charge in [0.25, 0.3) is 0 Å². The number of amides is 1. The maximum Gasteiger partial charge on any atom is 0.310 e. The summed E-state index contributed by atoms with van der Waals surface area (Å²) in [7, 11) is 0. The molecule has 0 spiro atoms. The first-order chi connectivity index (χ1) is 6.16. The minimum atomic E-state index is -1.64. The van der Waals surface area contributed by atoms with Crippen molar-refractivity contribution in [2.45, 2.75) is 12.5 Å². The van der Waals surface area contributed by atoms with Crippen molar-refractivity contribution in [2.24, 2.45) is 10.4 Å². The molecule has 0 aliphatic rings. The van der Waals surface area contributed by atoms with E-state index in [1.165, 1.54) is 0 Å². The number of aliphatic hydroxyl groups is 1. The second-order valence-electron chi connectivity index (χ2n) is 2.45. The molecular formula is C6H11N3O4. The second-order valence-corrected chi connectivity index (χ2v) is 2.45. The molecule has 13 heavy (non-hydrogen) atoms. The predicted octanol–water partition coefficient (Wildman–Crippen LogP) is -0.614. The molecule has 1 atom stereocenters. The van der Waals surface area contributed by atoms with Gasteiger partial charge in [-0.25, -0.2) is 0 Å². The molecule has 0 aromatic rings. The standard InChI is InChI=1S/C6H11N3O4/c1-2-7-6(4-10,3-8-12)5(11)9-13/h7,10H,2-4H2,1H3. The van der Waals surface area contributed by atoms with Gasteiger partial charge in [-0.05, 0) is 6.54 Å². The Kier molecular flexibility index (Phi) is 4.93. The lowest BCUT2D eigenvalue weighted by atomic mass is 10.0. The minimum absolute atomic E-state index is 0.317. The van der Waals surface area contributed by atoms with Gasteiger partial charge in [-0.3, -0.25) is 10.1 Å². The number of likely N-dealkylation sites (N-methyl/N-ethyl adjacent to an activating group) is 1. The van der Waals surface area contributed by atoms with E-state index < -0.39 is 24.6 Å². The lowest BCUT2D eigenvalue weighted by molar-refractivity contribution is -0.125. The zero-order valence-electron chi connectivity index (χ0n) is 7.19. The molecule has 0 fully saturated rings. The average Bonchev–Trinajstić information content (AvgIpc) is 2.16. The quantitative estimate of drug-likeness (QED) is 0.541. The summed E-state index contributed by atoms with van der Waals surface area (Å²) in [6.07, 6.45) is 0. The van der Waals surface area contributed by atoms with Crippen molar-refractivity contribution in [1.29, 1.82) is 0 Å². The summed E-state index contributed by atoms with van der Waals surface area (Å²) in [6.45, 7) is 0.781. The van der Waals surface area contributed by atoms with Gasteiger partial charge in [-0.1, -0.05) is 12.1 Å². The van der Waals surface area contributed by atoms with Crippen LogP contribution in [0.2, 0.25) is 0 Å². The number of carbonyl (C=O) groups is 1. The Hall–Kier alpha value is -1.21. The van der Waals surface area contributed by atoms with E-state index in [-0.39, 0.29) is 0 Å². The van der Waals surface area contributed by atoms with E-state index in [4.69, 9.17) is 5.11 Å². The van der Waals surface area contributed by atoms with Gasteiger partial charge < -0.3 is 5.11 Å². The Labute approximate surface area is 74.5 Å². The third-order valence-corrected chi connectivity index (χ3v) is 1.61. The Morgan fingerprint density at radius 1 is 1.54 bits per heavy atom. The number of hydrogen-bond acceptors (Lipinski definition) is 6. The van der Waals surface area contributed by atoms with Crippen LogP contribution in [0, 0.1) is 9.81 Å². The summed E-state index contributed by atoms with van der Waals surface area (Å²) in [4.78, 5) is 30.9. The number of nitrogens with one attached hydrogen (secondary N) is 1. The highest BCUT2D eigenvalue weighted by Gasteiger charge is 2.38. The van der Waals surface area contributed by atoms with Crippen LogP contribution < -0.4 is 5.32 Å². The van der Waals surface area contributed by atoms with E-state index in [9.17, 15) is 14.6 Å². The molecule has 0 radical (unpaired) electrons. The number of hydrogen-bond donors (Lipinski definition) is 2. The van der Waals surface area contributed by atoms with Crippen LogP contribution in [-0.2, 0) is 4.79 Å². The van der Waals surface area contributed by atoms with Crippen molar-refractivity contribution in [2.75, 3.05) is 19.7 Å². The Balaban J connectivity index is 4.71. The van der Waals surface area contributed by atoms with Crippen molar-refractivity contribution in [1.82, 2.24) is 5.32 Å². The predicted molar refractivity (Wildman–Crippen MR) is 45.0 cm³/mol. The van der Waals surface area contributed by atoms with Gasteiger partial charge in [-0.15, -0.1) is 4.91 Å². The number of carbonyl (C=O) groups excluding carboxylic acids is 1. The SMILES string of the molecule is CCNC(CO)(CN=O)C(=O)N=O. The van der Waals surface area contributed by atoms with Gasteiger partial charge >= 0.3 is 5.91 Å². The van der Waals surface area contributed by atoms with Crippen LogP contribution >= 0.6 is 0 Å². The van der Waals surface area contributed by atoms with E-state index in [2.05, 4.69) is 15.7 Å². The fraction of sp³-hybridized carbons (Fsp3) is 0.833. The zero-order chi connectivity index (χ0) is 10.3. The molecule has 7 nitrogen and oxygen atoms in total. The first-order valence-electron chi connectivity index (χ1n) is 3.69. The Morgan fingerprint density at radius 2 is 2.15 bits per heavy atom. The van der Waals surface area contributed by atoms with Gasteiger partial charge in [0, 0.05) is 5.18 Å². The molecule has 1 unspecified atom stereocenters. The monoisotopic (exact) mass is 189 g/mol. The number of nitroso groups, excluding NO2 is 2. The molecule has 7 heteroatoms. The molecule has 0 rings (SSSR count). The highest BCUT2D eigenvalue weighted by Crippen LogP contribution is 2.07. The molecule has 0 aromatic heterocycles. The third kappa shape index (κ3) is 2.63. The number of aliphatic hydroxyl groups excluding tert-OH is 1. The fourth-order valence-corrected chi connectivity index (χ4v) is 0.909. The van der Waals surface area contributed by atoms with Crippen LogP contribution in [-0.4, -0.2) is 36.2 Å². The first-order valence-corrected chi connectivity index (χ1v) is 3.69. The van der Waals surface area contributed by atoms with E-state index in [0.717, 1.165) is 0 Å². The van der Waals surface area contributed by atoms with Crippen LogP contribution in [0.1, 0.15) is 6.92 Å². The number of rotatable bonds is 6. The van der Waals surface area contributed by atoms with Crippen molar-refractivity contribution >= 4 is 5.91 Å². The molecular weight excluding hydrogens is 178 g/mol.